The van der Waals surface area contributed by atoms with E-state index in [1.54, 1.807) is 0 Å². The number of aryl methyl sites for hydroxylation is 1. The molecule has 0 spiro atoms. The van der Waals surface area contributed by atoms with Gasteiger partial charge in [-0.15, -0.1) is 0 Å². The van der Waals surface area contributed by atoms with E-state index in [0.29, 0.717) is 0 Å². The highest BCUT2D eigenvalue weighted by atomic mass is 16.3. The van der Waals surface area contributed by atoms with Gasteiger partial charge in [-0.2, -0.15) is 0 Å². The van der Waals surface area contributed by atoms with Gasteiger partial charge in [-0.25, -0.2) is 0 Å². The van der Waals surface area contributed by atoms with E-state index in [9.17, 15) is 0 Å². The van der Waals surface area contributed by atoms with Gasteiger partial charge < -0.3 is 9.73 Å². The normalized spacial score (nSPS) is 11.3. The van der Waals surface area contributed by atoms with Crippen LogP contribution < -0.4 is 5.32 Å². The molecule has 0 bridgehead atoms. The molecule has 0 aliphatic heterocycles. The predicted molar refractivity (Wildman–Crippen MR) is 95.4 cm³/mol. The van der Waals surface area contributed by atoms with Gasteiger partial charge in [-0.05, 0) is 35.7 Å². The Balaban J connectivity index is 1.63. The number of fused-ring (bicyclic) bond motifs is 3. The van der Waals surface area contributed by atoms with E-state index in [4.69, 9.17) is 4.42 Å². The van der Waals surface area contributed by atoms with E-state index in [2.05, 4.69) is 60.8 Å². The molecular weight excluding hydrogens is 282 g/mol. The molecule has 0 saturated carbocycles. The molecule has 2 nitrogen and oxygen atoms in total. The molecule has 1 aromatic heterocycles. The largest absolute Gasteiger partial charge is 0.456 e. The molecule has 2 heteroatoms. The first-order chi connectivity index (χ1) is 11.3. The first-order valence-corrected chi connectivity index (χ1v) is 7.97. The van der Waals surface area contributed by atoms with Crippen molar-refractivity contribution in [3.8, 4) is 0 Å². The summed E-state index contributed by atoms with van der Waals surface area (Å²) in [4.78, 5) is 0. The van der Waals surface area contributed by atoms with Gasteiger partial charge in [-0.3, -0.25) is 0 Å². The van der Waals surface area contributed by atoms with Crippen LogP contribution in [0.25, 0.3) is 21.9 Å². The lowest BCUT2D eigenvalue weighted by Crippen LogP contribution is -2.13. The summed E-state index contributed by atoms with van der Waals surface area (Å²) >= 11 is 0. The molecule has 0 fully saturated rings. The van der Waals surface area contributed by atoms with Crippen LogP contribution in [0.3, 0.4) is 0 Å². The monoisotopic (exact) mass is 301 g/mol. The van der Waals surface area contributed by atoms with Crippen LogP contribution in [0.4, 0.5) is 0 Å². The minimum atomic E-state index is 0.829. The van der Waals surface area contributed by atoms with Gasteiger partial charge in [0.05, 0.1) is 0 Å². The zero-order valence-electron chi connectivity index (χ0n) is 13.2. The minimum absolute atomic E-state index is 0.829. The fourth-order valence-corrected chi connectivity index (χ4v) is 3.14. The molecule has 0 unspecified atom stereocenters. The smallest absolute Gasteiger partial charge is 0.135 e. The maximum atomic E-state index is 5.95. The summed E-state index contributed by atoms with van der Waals surface area (Å²) in [6.07, 6.45) is 0. The molecular formula is C21H19NO. The van der Waals surface area contributed by atoms with Crippen molar-refractivity contribution in [1.29, 1.82) is 0 Å². The van der Waals surface area contributed by atoms with E-state index < -0.39 is 0 Å². The van der Waals surface area contributed by atoms with Gasteiger partial charge >= 0.3 is 0 Å². The second-order valence-corrected chi connectivity index (χ2v) is 5.92. The summed E-state index contributed by atoms with van der Waals surface area (Å²) in [5.41, 5.74) is 5.86. The number of benzene rings is 3. The number of furan rings is 1. The molecule has 1 N–H and O–H groups in total. The number of nitrogens with one attached hydrogen (secondary N) is 1. The molecule has 1 heterocycles. The Labute approximate surface area is 135 Å². The molecule has 114 valence electrons. The maximum Gasteiger partial charge on any atom is 0.135 e. The third-order valence-electron chi connectivity index (χ3n) is 4.38. The predicted octanol–water partition coefficient (Wildman–Crippen LogP) is 5.18. The summed E-state index contributed by atoms with van der Waals surface area (Å²) in [5.74, 6) is 0. The summed E-state index contributed by atoms with van der Waals surface area (Å²) in [5, 5.41) is 5.98. The third kappa shape index (κ3) is 2.62. The van der Waals surface area contributed by atoms with Gasteiger partial charge in [-0.1, -0.05) is 54.6 Å². The van der Waals surface area contributed by atoms with Crippen molar-refractivity contribution < 1.29 is 4.42 Å². The Hall–Kier alpha value is -2.58. The fraction of sp³-hybridized carbons (Fsp3) is 0.143. The molecule has 3 aromatic carbocycles. The Bertz CT molecular complexity index is 968. The number of hydrogen-bond acceptors (Lipinski definition) is 2. The Morgan fingerprint density at radius 1 is 0.739 bits per heavy atom. The van der Waals surface area contributed by atoms with Gasteiger partial charge in [0.15, 0.2) is 0 Å². The van der Waals surface area contributed by atoms with Crippen LogP contribution in [0, 0.1) is 6.92 Å². The second-order valence-electron chi connectivity index (χ2n) is 5.92. The average Bonchev–Trinajstić information content (AvgIpc) is 2.96. The highest BCUT2D eigenvalue weighted by Crippen LogP contribution is 2.31. The van der Waals surface area contributed by atoms with Crippen molar-refractivity contribution in [2.24, 2.45) is 0 Å². The summed E-state index contributed by atoms with van der Waals surface area (Å²) in [6, 6.07) is 23.0. The molecule has 0 saturated heterocycles. The lowest BCUT2D eigenvalue weighted by Gasteiger charge is -2.08. The molecule has 0 aliphatic rings. The Morgan fingerprint density at radius 3 is 2.35 bits per heavy atom. The lowest BCUT2D eigenvalue weighted by atomic mass is 10.1. The van der Waals surface area contributed by atoms with Crippen LogP contribution in [0.2, 0.25) is 0 Å². The van der Waals surface area contributed by atoms with Crippen molar-refractivity contribution in [1.82, 2.24) is 5.32 Å². The highest BCUT2D eigenvalue weighted by molar-refractivity contribution is 6.06. The fourth-order valence-electron chi connectivity index (χ4n) is 3.14. The SMILES string of the molecule is Cc1ccccc1CNCc1cccc2oc3ccccc3c12. The van der Waals surface area contributed by atoms with E-state index in [0.717, 1.165) is 24.3 Å². The van der Waals surface area contributed by atoms with Gasteiger partial charge in [0.25, 0.3) is 0 Å². The van der Waals surface area contributed by atoms with E-state index >= 15 is 0 Å². The van der Waals surface area contributed by atoms with Crippen LogP contribution in [0.1, 0.15) is 16.7 Å². The maximum absolute atomic E-state index is 5.95. The average molecular weight is 301 g/mol. The zero-order chi connectivity index (χ0) is 15.6. The van der Waals surface area contributed by atoms with Crippen LogP contribution in [-0.4, -0.2) is 0 Å². The summed E-state index contributed by atoms with van der Waals surface area (Å²) < 4.78 is 5.95. The van der Waals surface area contributed by atoms with E-state index in [1.807, 2.05) is 18.2 Å². The van der Waals surface area contributed by atoms with Crippen LogP contribution in [0.5, 0.6) is 0 Å². The molecule has 0 atom stereocenters. The second kappa shape index (κ2) is 5.90. The Morgan fingerprint density at radius 2 is 1.43 bits per heavy atom. The molecule has 0 radical (unpaired) electrons. The topological polar surface area (TPSA) is 25.2 Å². The van der Waals surface area contributed by atoms with Crippen molar-refractivity contribution in [2.45, 2.75) is 20.0 Å². The first-order valence-electron chi connectivity index (χ1n) is 7.97. The van der Waals surface area contributed by atoms with Gasteiger partial charge in [0, 0.05) is 23.9 Å². The van der Waals surface area contributed by atoms with Crippen LogP contribution in [-0.2, 0) is 13.1 Å². The minimum Gasteiger partial charge on any atom is -0.456 e. The number of rotatable bonds is 4. The Kier molecular flexibility index (Phi) is 3.60. The zero-order valence-corrected chi connectivity index (χ0v) is 13.2. The molecule has 23 heavy (non-hydrogen) atoms. The van der Waals surface area contributed by atoms with Crippen LogP contribution >= 0.6 is 0 Å². The summed E-state index contributed by atoms with van der Waals surface area (Å²) in [7, 11) is 0. The van der Waals surface area contributed by atoms with Gasteiger partial charge in [0.1, 0.15) is 11.2 Å². The number of hydrogen-bond donors (Lipinski definition) is 1. The van der Waals surface area contributed by atoms with Gasteiger partial charge in [0.2, 0.25) is 0 Å². The molecule has 4 rings (SSSR count). The summed E-state index contributed by atoms with van der Waals surface area (Å²) in [6.45, 7) is 3.86. The van der Waals surface area contributed by atoms with Crippen molar-refractivity contribution in [3.05, 3.63) is 83.4 Å². The first kappa shape index (κ1) is 14.0. The van der Waals surface area contributed by atoms with Crippen LogP contribution in [0.15, 0.2) is 71.1 Å². The van der Waals surface area contributed by atoms with E-state index in [-0.39, 0.29) is 0 Å². The van der Waals surface area contributed by atoms with Crippen molar-refractivity contribution >= 4 is 21.9 Å². The number of para-hydroxylation sites is 1. The molecule has 0 aliphatic carbocycles. The lowest BCUT2D eigenvalue weighted by molar-refractivity contribution is 0.666. The molecule has 0 amide bonds. The quantitative estimate of drug-likeness (QED) is 0.561. The van der Waals surface area contributed by atoms with Crippen molar-refractivity contribution in [3.63, 3.8) is 0 Å². The molecule has 4 aromatic rings. The standard InChI is InChI=1S/C21H19NO/c1-15-7-2-3-8-16(15)13-22-14-17-9-6-12-20-21(17)18-10-4-5-11-19(18)23-20/h2-12,22H,13-14H2,1H3. The van der Waals surface area contributed by atoms with E-state index in [1.165, 1.54) is 27.5 Å². The highest BCUT2D eigenvalue weighted by Gasteiger charge is 2.10. The van der Waals surface area contributed by atoms with Crippen molar-refractivity contribution in [2.75, 3.05) is 0 Å². The third-order valence-corrected chi connectivity index (χ3v) is 4.38.